The zero-order valence-electron chi connectivity index (χ0n) is 17.6. The minimum atomic E-state index is -1.37. The third kappa shape index (κ3) is 5.46. The molecule has 176 valence electrons. The van der Waals surface area contributed by atoms with E-state index in [1.165, 1.54) is 0 Å². The minimum absolute atomic E-state index is 0.182. The molecular weight excluding hydrogens is 454 g/mol. The number of carboxylic acids is 1. The van der Waals surface area contributed by atoms with Gasteiger partial charge in [0, 0.05) is 11.1 Å². The average Bonchev–Trinajstić information content (AvgIpc) is 2.77. The van der Waals surface area contributed by atoms with Crippen molar-refractivity contribution in [3.05, 3.63) is 56.3 Å². The molecule has 5 N–H and O–H groups in total. The standard InChI is InChI=1S/C22H24ClN3O7/c23-14-9-5-4-6-12(14)11-26-21(32)16(19(30)24-10-15(27)28)18(29)17(22(26)33)20(31)25-13-7-2-1-3-8-13/h4-6,9,13,29,33H,1-3,7-8,10-11H2,(H,24,30)(H,25,31)(H,27,28). The van der Waals surface area contributed by atoms with Crippen LogP contribution in [0.2, 0.25) is 5.02 Å². The molecule has 0 saturated heterocycles. The fraction of sp³-hybridized carbons (Fsp3) is 0.364. The molecule has 1 aromatic heterocycles. The van der Waals surface area contributed by atoms with Crippen molar-refractivity contribution in [2.75, 3.05) is 6.54 Å². The highest BCUT2D eigenvalue weighted by molar-refractivity contribution is 6.31. The molecule has 2 amide bonds. The van der Waals surface area contributed by atoms with Crippen molar-refractivity contribution < 1.29 is 29.7 Å². The molecule has 0 aliphatic heterocycles. The van der Waals surface area contributed by atoms with Crippen LogP contribution < -0.4 is 16.2 Å². The number of carbonyl (C=O) groups is 3. The Morgan fingerprint density at radius 2 is 1.70 bits per heavy atom. The molecule has 0 spiro atoms. The summed E-state index contributed by atoms with van der Waals surface area (Å²) in [6.07, 6.45) is 4.31. The maximum Gasteiger partial charge on any atom is 0.322 e. The number of carboxylic acid groups (broad SMARTS) is 1. The summed E-state index contributed by atoms with van der Waals surface area (Å²) in [6, 6.07) is 6.29. The first kappa shape index (κ1) is 24.1. The van der Waals surface area contributed by atoms with E-state index in [0.717, 1.165) is 36.7 Å². The number of hydrogen-bond donors (Lipinski definition) is 5. The van der Waals surface area contributed by atoms with E-state index >= 15 is 0 Å². The summed E-state index contributed by atoms with van der Waals surface area (Å²) in [5, 5.41) is 35.3. The zero-order chi connectivity index (χ0) is 24.1. The number of halogens is 1. The number of amides is 2. The second-order valence-corrected chi connectivity index (χ2v) is 8.20. The summed E-state index contributed by atoms with van der Waals surface area (Å²) >= 11 is 6.16. The summed E-state index contributed by atoms with van der Waals surface area (Å²) in [6.45, 7) is -1.11. The first-order chi connectivity index (χ1) is 15.7. The fourth-order valence-corrected chi connectivity index (χ4v) is 4.00. The van der Waals surface area contributed by atoms with Gasteiger partial charge in [0.25, 0.3) is 17.4 Å². The molecular formula is C22H24ClN3O7. The molecule has 11 heteroatoms. The SMILES string of the molecule is O=C(O)CNC(=O)c1c(O)c(C(=O)NC2CCCCC2)c(O)n(Cc2ccccc2Cl)c1=O. The van der Waals surface area contributed by atoms with Crippen molar-refractivity contribution in [2.45, 2.75) is 44.7 Å². The van der Waals surface area contributed by atoms with Crippen molar-refractivity contribution in [3.8, 4) is 11.6 Å². The van der Waals surface area contributed by atoms with Gasteiger partial charge in [-0.3, -0.25) is 23.7 Å². The fourth-order valence-electron chi connectivity index (χ4n) is 3.80. The number of aromatic hydroxyl groups is 2. The molecule has 0 atom stereocenters. The molecule has 1 fully saturated rings. The number of pyridine rings is 1. The van der Waals surface area contributed by atoms with Gasteiger partial charge in [0.05, 0.1) is 6.54 Å². The van der Waals surface area contributed by atoms with Crippen molar-refractivity contribution in [1.29, 1.82) is 0 Å². The van der Waals surface area contributed by atoms with Gasteiger partial charge in [-0.2, -0.15) is 0 Å². The summed E-state index contributed by atoms with van der Waals surface area (Å²) < 4.78 is 0.742. The van der Waals surface area contributed by atoms with Gasteiger partial charge >= 0.3 is 5.97 Å². The highest BCUT2D eigenvalue weighted by Gasteiger charge is 2.31. The molecule has 1 aliphatic rings. The second-order valence-electron chi connectivity index (χ2n) is 7.79. The largest absolute Gasteiger partial charge is 0.506 e. The lowest BCUT2D eigenvalue weighted by Crippen LogP contribution is -2.39. The first-order valence-corrected chi connectivity index (χ1v) is 10.8. The van der Waals surface area contributed by atoms with E-state index < -0.39 is 52.6 Å². The van der Waals surface area contributed by atoms with Crippen LogP contribution in [0.1, 0.15) is 58.4 Å². The van der Waals surface area contributed by atoms with Crippen LogP contribution >= 0.6 is 11.6 Å². The summed E-state index contributed by atoms with van der Waals surface area (Å²) in [7, 11) is 0. The van der Waals surface area contributed by atoms with E-state index in [1.807, 2.05) is 5.32 Å². The van der Waals surface area contributed by atoms with Crippen molar-refractivity contribution in [2.24, 2.45) is 0 Å². The Bertz CT molecular complexity index is 1140. The monoisotopic (exact) mass is 477 g/mol. The van der Waals surface area contributed by atoms with Crippen LogP contribution in [0.4, 0.5) is 0 Å². The Labute approximate surface area is 193 Å². The number of aliphatic carboxylic acids is 1. The zero-order valence-corrected chi connectivity index (χ0v) is 18.4. The number of nitrogens with one attached hydrogen (secondary N) is 2. The maximum absolute atomic E-state index is 13.0. The van der Waals surface area contributed by atoms with Crippen LogP contribution in [-0.4, -0.2) is 50.3 Å². The highest BCUT2D eigenvalue weighted by atomic mass is 35.5. The van der Waals surface area contributed by atoms with Gasteiger partial charge in [0.2, 0.25) is 5.88 Å². The van der Waals surface area contributed by atoms with E-state index in [-0.39, 0.29) is 17.6 Å². The molecule has 1 saturated carbocycles. The quantitative estimate of drug-likeness (QED) is 0.407. The molecule has 3 rings (SSSR count). The predicted molar refractivity (Wildman–Crippen MR) is 119 cm³/mol. The lowest BCUT2D eigenvalue weighted by molar-refractivity contribution is -0.135. The van der Waals surface area contributed by atoms with E-state index in [1.54, 1.807) is 24.3 Å². The average molecular weight is 478 g/mol. The maximum atomic E-state index is 13.0. The van der Waals surface area contributed by atoms with E-state index in [0.29, 0.717) is 5.56 Å². The van der Waals surface area contributed by atoms with Gasteiger partial charge in [0.15, 0.2) is 5.75 Å². The summed E-state index contributed by atoms with van der Waals surface area (Å²) in [4.78, 5) is 49.4. The van der Waals surface area contributed by atoms with Crippen LogP contribution in [0.15, 0.2) is 29.1 Å². The van der Waals surface area contributed by atoms with Gasteiger partial charge in [-0.1, -0.05) is 49.1 Å². The predicted octanol–water partition coefficient (Wildman–Crippen LogP) is 1.84. The molecule has 0 radical (unpaired) electrons. The van der Waals surface area contributed by atoms with Crippen molar-refractivity contribution >= 4 is 29.4 Å². The van der Waals surface area contributed by atoms with Crippen molar-refractivity contribution in [3.63, 3.8) is 0 Å². The lowest BCUT2D eigenvalue weighted by Gasteiger charge is -2.24. The number of nitrogens with zero attached hydrogens (tertiary/aromatic N) is 1. The molecule has 1 aromatic carbocycles. The van der Waals surface area contributed by atoms with Crippen molar-refractivity contribution in [1.82, 2.24) is 15.2 Å². The Morgan fingerprint density at radius 3 is 2.33 bits per heavy atom. The molecule has 0 unspecified atom stereocenters. The summed E-state index contributed by atoms with van der Waals surface area (Å²) in [5.41, 5.74) is -2.19. The van der Waals surface area contributed by atoms with Gasteiger partial charge in [0.1, 0.15) is 17.7 Å². The van der Waals surface area contributed by atoms with Gasteiger partial charge in [-0.05, 0) is 24.5 Å². The van der Waals surface area contributed by atoms with Crippen LogP contribution in [-0.2, 0) is 11.3 Å². The Balaban J connectivity index is 2.10. The van der Waals surface area contributed by atoms with Gasteiger partial charge < -0.3 is 26.0 Å². The van der Waals surface area contributed by atoms with Crippen LogP contribution in [0.5, 0.6) is 11.6 Å². The van der Waals surface area contributed by atoms with Gasteiger partial charge in [-0.25, -0.2) is 0 Å². The van der Waals surface area contributed by atoms with Gasteiger partial charge in [-0.15, -0.1) is 0 Å². The molecule has 1 heterocycles. The van der Waals surface area contributed by atoms with E-state index in [9.17, 15) is 29.4 Å². The number of carbonyl (C=O) groups excluding carboxylic acids is 2. The third-order valence-corrected chi connectivity index (χ3v) is 5.86. The number of rotatable bonds is 7. The lowest BCUT2D eigenvalue weighted by atomic mass is 9.95. The number of hydrogen-bond acceptors (Lipinski definition) is 6. The Hall–Kier alpha value is -3.53. The van der Waals surface area contributed by atoms with Crippen LogP contribution in [0, 0.1) is 0 Å². The molecule has 1 aliphatic carbocycles. The summed E-state index contributed by atoms with van der Waals surface area (Å²) in [5.74, 6) is -5.27. The Kier molecular flexibility index (Phi) is 7.59. The smallest absolute Gasteiger partial charge is 0.322 e. The van der Waals surface area contributed by atoms with E-state index in [4.69, 9.17) is 16.7 Å². The number of aromatic nitrogens is 1. The van der Waals surface area contributed by atoms with Crippen LogP contribution in [0.25, 0.3) is 0 Å². The molecule has 10 nitrogen and oxygen atoms in total. The molecule has 0 bridgehead atoms. The third-order valence-electron chi connectivity index (χ3n) is 5.49. The Morgan fingerprint density at radius 1 is 1.03 bits per heavy atom. The second kappa shape index (κ2) is 10.4. The number of benzene rings is 1. The normalized spacial score (nSPS) is 14.0. The molecule has 33 heavy (non-hydrogen) atoms. The first-order valence-electron chi connectivity index (χ1n) is 10.4. The minimum Gasteiger partial charge on any atom is -0.506 e. The topological polar surface area (TPSA) is 158 Å². The highest BCUT2D eigenvalue weighted by Crippen LogP contribution is 2.30. The molecule has 2 aromatic rings. The van der Waals surface area contributed by atoms with Crippen LogP contribution in [0.3, 0.4) is 0 Å². The van der Waals surface area contributed by atoms with E-state index in [2.05, 4.69) is 5.32 Å².